The maximum absolute atomic E-state index is 12.0. The van der Waals surface area contributed by atoms with Crippen molar-refractivity contribution in [3.63, 3.8) is 0 Å². The zero-order valence-electron chi connectivity index (χ0n) is 7.14. The van der Waals surface area contributed by atoms with Gasteiger partial charge in [0.2, 0.25) is 5.89 Å². The third-order valence-electron chi connectivity index (χ3n) is 1.32. The van der Waals surface area contributed by atoms with Crippen molar-refractivity contribution in [1.82, 2.24) is 15.5 Å². The summed E-state index contributed by atoms with van der Waals surface area (Å²) in [4.78, 5) is 3.15. The van der Waals surface area contributed by atoms with Crippen molar-refractivity contribution in [1.29, 1.82) is 0 Å². The number of nitrogens with one attached hydrogen (secondary N) is 1. The van der Waals surface area contributed by atoms with E-state index in [2.05, 4.69) is 20.0 Å². The first-order chi connectivity index (χ1) is 6.54. The van der Waals surface area contributed by atoms with Crippen molar-refractivity contribution < 1.29 is 17.7 Å². The third-order valence-corrected chi connectivity index (χ3v) is 1.32. The zero-order valence-corrected chi connectivity index (χ0v) is 7.14. The van der Waals surface area contributed by atoms with Crippen LogP contribution in [0.3, 0.4) is 0 Å². The number of nitrogens with two attached hydrogens (primary N) is 1. The predicted molar refractivity (Wildman–Crippen MR) is 40.1 cm³/mol. The highest BCUT2D eigenvalue weighted by Gasteiger charge is 2.37. The van der Waals surface area contributed by atoms with Crippen LogP contribution >= 0.6 is 0 Å². The molecule has 1 aromatic rings. The van der Waals surface area contributed by atoms with Crippen molar-refractivity contribution >= 4 is 0 Å². The molecule has 0 radical (unpaired) electrons. The summed E-state index contributed by atoms with van der Waals surface area (Å²) in [6.45, 7) is 0.949. The number of halogens is 3. The van der Waals surface area contributed by atoms with Crippen LogP contribution in [0.5, 0.6) is 0 Å². The Bertz CT molecular complexity index is 285. The summed E-state index contributed by atoms with van der Waals surface area (Å²) in [7, 11) is 0. The Balaban J connectivity index is 2.51. The third kappa shape index (κ3) is 2.96. The van der Waals surface area contributed by atoms with Crippen molar-refractivity contribution in [3.05, 3.63) is 11.7 Å². The second-order valence-electron chi connectivity index (χ2n) is 2.47. The van der Waals surface area contributed by atoms with E-state index in [1.807, 2.05) is 0 Å². The van der Waals surface area contributed by atoms with Gasteiger partial charge < -0.3 is 15.6 Å². The Hall–Kier alpha value is -1.15. The number of hydrogen-bond acceptors (Lipinski definition) is 5. The van der Waals surface area contributed by atoms with E-state index in [1.54, 1.807) is 0 Å². The summed E-state index contributed by atoms with van der Waals surface area (Å²) in [5.41, 5.74) is 5.16. The van der Waals surface area contributed by atoms with Gasteiger partial charge in [0.25, 0.3) is 5.82 Å². The smallest absolute Gasteiger partial charge is 0.338 e. The van der Waals surface area contributed by atoms with Gasteiger partial charge in [0, 0.05) is 13.1 Å². The molecule has 1 aromatic heterocycles. The molecule has 0 aromatic carbocycles. The molecular weight excluding hydrogens is 201 g/mol. The minimum Gasteiger partial charge on any atom is -0.338 e. The molecule has 1 heterocycles. The summed E-state index contributed by atoms with van der Waals surface area (Å²) in [5.74, 6) is -1.37. The molecular formula is C6H9F3N4O. The lowest BCUT2D eigenvalue weighted by atomic mass is 10.5. The van der Waals surface area contributed by atoms with Gasteiger partial charge in [-0.1, -0.05) is 5.16 Å². The molecule has 0 saturated heterocycles. The van der Waals surface area contributed by atoms with Crippen LogP contribution in [-0.4, -0.2) is 23.2 Å². The molecule has 0 aliphatic rings. The fraction of sp³-hybridized carbons (Fsp3) is 0.667. The van der Waals surface area contributed by atoms with E-state index < -0.39 is 12.0 Å². The van der Waals surface area contributed by atoms with Gasteiger partial charge in [-0.05, 0) is 0 Å². The molecule has 0 unspecified atom stereocenters. The van der Waals surface area contributed by atoms with Gasteiger partial charge in [-0.2, -0.15) is 18.2 Å². The van der Waals surface area contributed by atoms with Crippen LogP contribution in [0, 0.1) is 0 Å². The molecule has 5 nitrogen and oxygen atoms in total. The highest BCUT2D eigenvalue weighted by Crippen LogP contribution is 2.25. The molecule has 0 atom stereocenters. The molecule has 0 saturated carbocycles. The van der Waals surface area contributed by atoms with Crippen molar-refractivity contribution in [2.75, 3.05) is 13.1 Å². The summed E-state index contributed by atoms with van der Waals surface area (Å²) in [6, 6.07) is 0. The largest absolute Gasteiger partial charge is 0.455 e. The SMILES string of the molecule is NCCNCc1nc(C(F)(F)F)no1. The summed E-state index contributed by atoms with van der Waals surface area (Å²) >= 11 is 0. The van der Waals surface area contributed by atoms with Crippen molar-refractivity contribution in [3.8, 4) is 0 Å². The molecule has 0 bridgehead atoms. The van der Waals surface area contributed by atoms with E-state index in [-0.39, 0.29) is 12.4 Å². The standard InChI is InChI=1S/C6H9F3N4O/c7-6(8,9)5-12-4(14-13-5)3-11-2-1-10/h11H,1-3,10H2. The van der Waals surface area contributed by atoms with Crippen LogP contribution in [0.25, 0.3) is 0 Å². The Morgan fingerprint density at radius 2 is 2.14 bits per heavy atom. The Kier molecular flexibility index (Phi) is 3.42. The summed E-state index contributed by atoms with van der Waals surface area (Å²) in [5, 5.41) is 5.51. The first-order valence-corrected chi connectivity index (χ1v) is 3.84. The summed E-state index contributed by atoms with van der Waals surface area (Å²) < 4.78 is 40.2. The van der Waals surface area contributed by atoms with E-state index in [1.165, 1.54) is 0 Å². The quantitative estimate of drug-likeness (QED) is 0.691. The molecule has 8 heteroatoms. The normalized spacial score (nSPS) is 12.0. The average Bonchev–Trinajstić information content (AvgIpc) is 2.52. The first-order valence-electron chi connectivity index (χ1n) is 3.84. The number of aromatic nitrogens is 2. The van der Waals surface area contributed by atoms with E-state index >= 15 is 0 Å². The minimum absolute atomic E-state index is 0.0836. The van der Waals surface area contributed by atoms with Crippen LogP contribution in [0.15, 0.2) is 4.52 Å². The predicted octanol–water partition coefficient (Wildman–Crippen LogP) is 0.137. The maximum atomic E-state index is 12.0. The number of rotatable bonds is 4. The highest BCUT2D eigenvalue weighted by atomic mass is 19.4. The molecule has 80 valence electrons. The van der Waals surface area contributed by atoms with Gasteiger partial charge in [-0.3, -0.25) is 0 Å². The van der Waals surface area contributed by atoms with Gasteiger partial charge in [-0.25, -0.2) is 0 Å². The highest BCUT2D eigenvalue weighted by molar-refractivity contribution is 4.90. The first kappa shape index (κ1) is 10.9. The monoisotopic (exact) mass is 210 g/mol. The summed E-state index contributed by atoms with van der Waals surface area (Å²) in [6.07, 6.45) is -4.56. The van der Waals surface area contributed by atoms with Gasteiger partial charge in [0.1, 0.15) is 0 Å². The maximum Gasteiger partial charge on any atom is 0.455 e. The van der Waals surface area contributed by atoms with Gasteiger partial charge >= 0.3 is 6.18 Å². The lowest BCUT2D eigenvalue weighted by molar-refractivity contribution is -0.146. The minimum atomic E-state index is -4.56. The van der Waals surface area contributed by atoms with Gasteiger partial charge in [-0.15, -0.1) is 0 Å². The van der Waals surface area contributed by atoms with Crippen molar-refractivity contribution in [2.45, 2.75) is 12.7 Å². The van der Waals surface area contributed by atoms with Crippen LogP contribution in [0.1, 0.15) is 11.7 Å². The fourth-order valence-electron chi connectivity index (χ4n) is 0.739. The van der Waals surface area contributed by atoms with Gasteiger partial charge in [0.15, 0.2) is 0 Å². The molecule has 0 spiro atoms. The molecule has 14 heavy (non-hydrogen) atoms. The Labute approximate surface area is 77.5 Å². The number of nitrogens with zero attached hydrogens (tertiary/aromatic N) is 2. The number of hydrogen-bond donors (Lipinski definition) is 2. The lowest BCUT2D eigenvalue weighted by Crippen LogP contribution is -2.22. The van der Waals surface area contributed by atoms with E-state index in [4.69, 9.17) is 5.73 Å². The topological polar surface area (TPSA) is 77.0 Å². The van der Waals surface area contributed by atoms with Crippen LogP contribution in [-0.2, 0) is 12.7 Å². The fourth-order valence-corrected chi connectivity index (χ4v) is 0.739. The second kappa shape index (κ2) is 4.38. The molecule has 3 N–H and O–H groups in total. The molecule has 0 fully saturated rings. The molecule has 0 aliphatic heterocycles. The zero-order chi connectivity index (χ0) is 10.6. The van der Waals surface area contributed by atoms with Crippen LogP contribution in [0.2, 0.25) is 0 Å². The van der Waals surface area contributed by atoms with Gasteiger partial charge in [0.05, 0.1) is 6.54 Å². The van der Waals surface area contributed by atoms with E-state index in [0.717, 1.165) is 0 Å². The van der Waals surface area contributed by atoms with E-state index in [0.29, 0.717) is 13.1 Å². The molecule has 1 rings (SSSR count). The lowest BCUT2D eigenvalue weighted by Gasteiger charge is -1.97. The Morgan fingerprint density at radius 1 is 1.43 bits per heavy atom. The van der Waals surface area contributed by atoms with Crippen LogP contribution in [0.4, 0.5) is 13.2 Å². The van der Waals surface area contributed by atoms with E-state index in [9.17, 15) is 13.2 Å². The Morgan fingerprint density at radius 3 is 2.64 bits per heavy atom. The van der Waals surface area contributed by atoms with Crippen molar-refractivity contribution in [2.24, 2.45) is 5.73 Å². The molecule has 0 aliphatic carbocycles. The number of alkyl halides is 3. The average molecular weight is 210 g/mol. The van der Waals surface area contributed by atoms with Crippen LogP contribution < -0.4 is 11.1 Å². The molecule has 0 amide bonds. The second-order valence-corrected chi connectivity index (χ2v) is 2.47.